The molecule has 0 bridgehead atoms. The van der Waals surface area contributed by atoms with Crippen molar-refractivity contribution in [3.05, 3.63) is 65.9 Å². The number of aromatic nitrogens is 1. The number of hydrogen-bond donors (Lipinski definition) is 0. The summed E-state index contributed by atoms with van der Waals surface area (Å²) in [5.74, 6) is 1.91. The van der Waals surface area contributed by atoms with Crippen molar-refractivity contribution in [1.82, 2.24) is 5.16 Å². The van der Waals surface area contributed by atoms with E-state index in [1.165, 1.54) is 0 Å². The van der Waals surface area contributed by atoms with Gasteiger partial charge >= 0.3 is 0 Å². The summed E-state index contributed by atoms with van der Waals surface area (Å²) in [6.07, 6.45) is 0. The van der Waals surface area contributed by atoms with E-state index in [2.05, 4.69) is 10.3 Å². The fourth-order valence-electron chi connectivity index (χ4n) is 2.43. The van der Waals surface area contributed by atoms with Crippen molar-refractivity contribution >= 4 is 5.71 Å². The van der Waals surface area contributed by atoms with Crippen molar-refractivity contribution in [3.8, 4) is 22.8 Å². The number of oxime groups is 1. The number of nitrogens with zero attached hydrogens (tertiary/aromatic N) is 2. The van der Waals surface area contributed by atoms with E-state index >= 15 is 0 Å². The van der Waals surface area contributed by atoms with Crippen LogP contribution in [0.15, 0.2) is 64.3 Å². The maximum Gasteiger partial charge on any atom is 0.177 e. The van der Waals surface area contributed by atoms with E-state index in [4.69, 9.17) is 18.8 Å². The minimum Gasteiger partial charge on any atom is -0.493 e. The van der Waals surface area contributed by atoms with Gasteiger partial charge < -0.3 is 18.8 Å². The van der Waals surface area contributed by atoms with Crippen LogP contribution in [-0.4, -0.2) is 25.1 Å². The van der Waals surface area contributed by atoms with Gasteiger partial charge in [-0.05, 0) is 25.1 Å². The fourth-order valence-corrected chi connectivity index (χ4v) is 2.43. The van der Waals surface area contributed by atoms with E-state index in [0.29, 0.717) is 23.0 Å². The normalized spacial score (nSPS) is 11.3. The fraction of sp³-hybridized carbons (Fsp3) is 0.200. The van der Waals surface area contributed by atoms with Crippen LogP contribution in [0.25, 0.3) is 11.3 Å². The number of hydrogen-bond acceptors (Lipinski definition) is 6. The third-order valence-corrected chi connectivity index (χ3v) is 3.84. The average molecular weight is 352 g/mol. The monoisotopic (exact) mass is 352 g/mol. The summed E-state index contributed by atoms with van der Waals surface area (Å²) < 4.78 is 15.8. The van der Waals surface area contributed by atoms with Crippen molar-refractivity contribution in [3.63, 3.8) is 0 Å². The quantitative estimate of drug-likeness (QED) is 0.468. The maximum atomic E-state index is 5.40. The van der Waals surface area contributed by atoms with Crippen molar-refractivity contribution in [2.24, 2.45) is 5.16 Å². The molecule has 26 heavy (non-hydrogen) atoms. The van der Waals surface area contributed by atoms with Crippen LogP contribution >= 0.6 is 0 Å². The molecule has 0 aliphatic heterocycles. The number of methoxy groups -OCH3 is 2. The lowest BCUT2D eigenvalue weighted by atomic mass is 10.1. The molecule has 0 fully saturated rings. The van der Waals surface area contributed by atoms with Crippen LogP contribution in [0.5, 0.6) is 11.5 Å². The van der Waals surface area contributed by atoms with Crippen molar-refractivity contribution in [2.45, 2.75) is 13.5 Å². The summed E-state index contributed by atoms with van der Waals surface area (Å²) in [6, 6.07) is 17.2. The van der Waals surface area contributed by atoms with E-state index in [1.54, 1.807) is 14.2 Å². The lowest BCUT2D eigenvalue weighted by Crippen LogP contribution is -1.99. The zero-order chi connectivity index (χ0) is 18.4. The highest BCUT2D eigenvalue weighted by Gasteiger charge is 2.08. The molecule has 0 aliphatic carbocycles. The van der Waals surface area contributed by atoms with Gasteiger partial charge in [-0.3, -0.25) is 0 Å². The molecular formula is C20H20N2O4. The van der Waals surface area contributed by atoms with Crippen LogP contribution < -0.4 is 9.47 Å². The molecule has 3 rings (SSSR count). The van der Waals surface area contributed by atoms with Crippen LogP contribution in [0.4, 0.5) is 0 Å². The van der Waals surface area contributed by atoms with Gasteiger partial charge in [-0.1, -0.05) is 40.6 Å². The summed E-state index contributed by atoms with van der Waals surface area (Å²) in [5, 5.41) is 8.19. The minimum absolute atomic E-state index is 0.199. The predicted octanol–water partition coefficient (Wildman–Crippen LogP) is 4.30. The predicted molar refractivity (Wildman–Crippen MR) is 98.5 cm³/mol. The molecule has 3 aromatic rings. The van der Waals surface area contributed by atoms with Crippen LogP contribution in [0.2, 0.25) is 0 Å². The Bertz CT molecular complexity index is 888. The van der Waals surface area contributed by atoms with E-state index in [-0.39, 0.29) is 6.61 Å². The molecule has 0 saturated heterocycles. The van der Waals surface area contributed by atoms with Gasteiger partial charge in [0.25, 0.3) is 0 Å². The van der Waals surface area contributed by atoms with Gasteiger partial charge in [0.1, 0.15) is 5.69 Å². The highest BCUT2D eigenvalue weighted by atomic mass is 16.6. The first kappa shape index (κ1) is 17.5. The first-order valence-corrected chi connectivity index (χ1v) is 8.11. The molecule has 0 spiro atoms. The molecule has 1 heterocycles. The van der Waals surface area contributed by atoms with Crippen molar-refractivity contribution in [1.29, 1.82) is 0 Å². The Hall–Kier alpha value is -3.28. The lowest BCUT2D eigenvalue weighted by Gasteiger charge is -2.09. The number of ether oxygens (including phenoxy) is 2. The molecule has 1 aromatic heterocycles. The second-order valence-corrected chi connectivity index (χ2v) is 5.56. The molecule has 0 amide bonds. The van der Waals surface area contributed by atoms with Gasteiger partial charge in [0.2, 0.25) is 0 Å². The topological polar surface area (TPSA) is 66.1 Å². The van der Waals surface area contributed by atoms with Gasteiger partial charge in [0.05, 0.1) is 19.9 Å². The molecule has 0 saturated carbocycles. The molecule has 0 N–H and O–H groups in total. The highest BCUT2D eigenvalue weighted by molar-refractivity contribution is 5.98. The van der Waals surface area contributed by atoms with E-state index < -0.39 is 0 Å². The summed E-state index contributed by atoms with van der Waals surface area (Å²) in [7, 11) is 3.20. The smallest absolute Gasteiger partial charge is 0.177 e. The molecule has 0 radical (unpaired) electrons. The zero-order valence-corrected chi connectivity index (χ0v) is 14.9. The number of rotatable bonds is 7. The Morgan fingerprint density at radius 3 is 2.50 bits per heavy atom. The lowest BCUT2D eigenvalue weighted by molar-refractivity contribution is 0.109. The van der Waals surface area contributed by atoms with Crippen LogP contribution in [0.1, 0.15) is 18.2 Å². The minimum atomic E-state index is 0.199. The molecule has 2 aromatic carbocycles. The largest absolute Gasteiger partial charge is 0.493 e. The van der Waals surface area contributed by atoms with Gasteiger partial charge in [-0.25, -0.2) is 0 Å². The second kappa shape index (κ2) is 8.20. The van der Waals surface area contributed by atoms with E-state index in [9.17, 15) is 0 Å². The highest BCUT2D eigenvalue weighted by Crippen LogP contribution is 2.27. The SMILES string of the molecule is COc1ccc(/C(C)=N/OCc2cc(-c3ccccc3)no2)cc1OC. The average Bonchev–Trinajstić information content (AvgIpc) is 3.17. The first-order chi connectivity index (χ1) is 12.7. The maximum absolute atomic E-state index is 5.40. The summed E-state index contributed by atoms with van der Waals surface area (Å²) in [6.45, 7) is 2.06. The van der Waals surface area contributed by atoms with E-state index in [1.807, 2.05) is 61.5 Å². The summed E-state index contributed by atoms with van der Waals surface area (Å²) in [4.78, 5) is 5.40. The van der Waals surface area contributed by atoms with Crippen LogP contribution in [-0.2, 0) is 11.4 Å². The Kier molecular flexibility index (Phi) is 5.53. The van der Waals surface area contributed by atoms with Gasteiger partial charge in [-0.15, -0.1) is 0 Å². The first-order valence-electron chi connectivity index (χ1n) is 8.11. The van der Waals surface area contributed by atoms with Crippen LogP contribution in [0, 0.1) is 0 Å². The third kappa shape index (κ3) is 4.03. The van der Waals surface area contributed by atoms with E-state index in [0.717, 1.165) is 16.8 Å². The molecule has 0 atom stereocenters. The van der Waals surface area contributed by atoms with Gasteiger partial charge in [0.15, 0.2) is 23.9 Å². The third-order valence-electron chi connectivity index (χ3n) is 3.84. The zero-order valence-electron chi connectivity index (χ0n) is 14.9. The Balaban J connectivity index is 1.64. The standard InChI is InChI=1S/C20H20N2O4/c1-14(16-9-10-19(23-2)20(11-16)24-3)21-25-13-17-12-18(22-26-17)15-7-5-4-6-8-15/h4-12H,13H2,1-3H3/b21-14+. The molecular weight excluding hydrogens is 332 g/mol. The van der Waals surface area contributed by atoms with Gasteiger partial charge in [-0.2, -0.15) is 0 Å². The molecule has 0 aliphatic rings. The molecule has 6 heteroatoms. The number of benzene rings is 2. The van der Waals surface area contributed by atoms with Crippen molar-refractivity contribution in [2.75, 3.05) is 14.2 Å². The molecule has 134 valence electrons. The summed E-state index contributed by atoms with van der Waals surface area (Å²) in [5.41, 5.74) is 3.36. The second-order valence-electron chi connectivity index (χ2n) is 5.56. The summed E-state index contributed by atoms with van der Waals surface area (Å²) >= 11 is 0. The Morgan fingerprint density at radius 1 is 1.00 bits per heavy atom. The van der Waals surface area contributed by atoms with Crippen molar-refractivity contribution < 1.29 is 18.8 Å². The van der Waals surface area contributed by atoms with Gasteiger partial charge in [0, 0.05) is 17.2 Å². The molecule has 0 unspecified atom stereocenters. The Labute approximate surface area is 152 Å². The Morgan fingerprint density at radius 2 is 1.77 bits per heavy atom. The van der Waals surface area contributed by atoms with Crippen LogP contribution in [0.3, 0.4) is 0 Å². The molecule has 6 nitrogen and oxygen atoms in total.